The first kappa shape index (κ1) is 20.3. The number of furan rings is 1. The lowest BCUT2D eigenvalue weighted by Crippen LogP contribution is -2.45. The summed E-state index contributed by atoms with van der Waals surface area (Å²) in [6.07, 6.45) is 0.625. The van der Waals surface area contributed by atoms with Crippen LogP contribution in [0.5, 0.6) is 0 Å². The number of nitrogens with zero attached hydrogens (tertiary/aromatic N) is 2. The molecule has 0 fully saturated rings. The Kier molecular flexibility index (Phi) is 5.28. The van der Waals surface area contributed by atoms with E-state index in [0.717, 1.165) is 21.2 Å². The van der Waals surface area contributed by atoms with Crippen LogP contribution in [0.1, 0.15) is 19.6 Å². The maximum Gasteiger partial charge on any atom is 0.271 e. The van der Waals surface area contributed by atoms with Gasteiger partial charge in [-0.2, -0.15) is 5.26 Å². The number of amides is 2. The highest BCUT2D eigenvalue weighted by molar-refractivity contribution is 6.19. The summed E-state index contributed by atoms with van der Waals surface area (Å²) in [6.45, 7) is 2.85. The molecule has 1 aliphatic rings. The Bertz CT molecular complexity index is 1300. The quantitative estimate of drug-likeness (QED) is 0.515. The van der Waals surface area contributed by atoms with Gasteiger partial charge in [0, 0.05) is 11.1 Å². The summed E-state index contributed by atoms with van der Waals surface area (Å²) in [5.74, 6) is -0.190. The minimum atomic E-state index is -0.908. The van der Waals surface area contributed by atoms with Crippen molar-refractivity contribution in [1.29, 1.82) is 5.26 Å². The maximum absolute atomic E-state index is 12.9. The van der Waals surface area contributed by atoms with Crippen LogP contribution in [0.25, 0.3) is 28.2 Å². The SMILES string of the molecule is CC1=C(C#N)C(=O)N(CC(C)O)C(=O)/C1=C/c1ccc(-c2cccc3ccccc23)o1. The van der Waals surface area contributed by atoms with Crippen LogP contribution in [0.4, 0.5) is 0 Å². The van der Waals surface area contributed by atoms with Gasteiger partial charge in [0.15, 0.2) is 0 Å². The molecule has 1 aliphatic heterocycles. The molecule has 0 aliphatic carbocycles. The summed E-state index contributed by atoms with van der Waals surface area (Å²) in [7, 11) is 0. The fourth-order valence-corrected chi connectivity index (χ4v) is 3.72. The standard InChI is InChI=1S/C25H20N2O4/c1-15(28)14-27-24(29)21(16(2)22(13-26)25(27)30)12-18-10-11-23(31-18)20-9-5-7-17-6-3-4-8-19(17)20/h3-12,15,28H,14H2,1-2H3/b21-12+. The van der Waals surface area contributed by atoms with Crippen molar-refractivity contribution >= 4 is 28.7 Å². The number of nitriles is 1. The molecular formula is C25H20N2O4. The molecule has 154 valence electrons. The van der Waals surface area contributed by atoms with Crippen molar-refractivity contribution in [3.63, 3.8) is 0 Å². The highest BCUT2D eigenvalue weighted by Crippen LogP contribution is 2.32. The van der Waals surface area contributed by atoms with E-state index in [1.807, 2.05) is 54.6 Å². The summed E-state index contributed by atoms with van der Waals surface area (Å²) < 4.78 is 6.00. The second kappa shape index (κ2) is 8.05. The molecule has 2 aromatic carbocycles. The molecule has 0 saturated carbocycles. The molecule has 0 radical (unpaired) electrons. The molecule has 0 bridgehead atoms. The van der Waals surface area contributed by atoms with E-state index in [1.165, 1.54) is 13.0 Å². The molecule has 2 heterocycles. The maximum atomic E-state index is 12.9. The Balaban J connectivity index is 1.77. The average molecular weight is 412 g/mol. The summed E-state index contributed by atoms with van der Waals surface area (Å²) >= 11 is 0. The second-order valence-corrected chi connectivity index (χ2v) is 7.47. The van der Waals surface area contributed by atoms with Gasteiger partial charge in [-0.3, -0.25) is 14.5 Å². The number of rotatable bonds is 4. The molecule has 4 rings (SSSR count). The Morgan fingerprint density at radius 2 is 1.84 bits per heavy atom. The van der Waals surface area contributed by atoms with Crippen LogP contribution in [0.3, 0.4) is 0 Å². The van der Waals surface area contributed by atoms with Crippen LogP contribution >= 0.6 is 0 Å². The number of aliphatic hydroxyl groups is 1. The van der Waals surface area contributed by atoms with Gasteiger partial charge in [0.25, 0.3) is 11.8 Å². The van der Waals surface area contributed by atoms with Crippen LogP contribution in [-0.2, 0) is 9.59 Å². The van der Waals surface area contributed by atoms with Gasteiger partial charge in [-0.25, -0.2) is 0 Å². The molecule has 0 saturated heterocycles. The van der Waals surface area contributed by atoms with Crippen molar-refractivity contribution < 1.29 is 19.1 Å². The molecule has 0 spiro atoms. The summed E-state index contributed by atoms with van der Waals surface area (Å²) in [4.78, 5) is 26.3. The summed E-state index contributed by atoms with van der Waals surface area (Å²) in [5, 5.41) is 21.2. The minimum Gasteiger partial charge on any atom is -0.457 e. The van der Waals surface area contributed by atoms with E-state index in [4.69, 9.17) is 4.42 Å². The smallest absolute Gasteiger partial charge is 0.271 e. The number of aliphatic hydroxyl groups excluding tert-OH is 1. The molecule has 31 heavy (non-hydrogen) atoms. The first-order valence-electron chi connectivity index (χ1n) is 9.86. The first-order valence-corrected chi connectivity index (χ1v) is 9.86. The molecule has 1 atom stereocenters. The van der Waals surface area contributed by atoms with Crippen LogP contribution < -0.4 is 0 Å². The number of carbonyl (C=O) groups excluding carboxylic acids is 2. The molecule has 1 N–H and O–H groups in total. The van der Waals surface area contributed by atoms with Crippen LogP contribution in [0.15, 0.2) is 75.7 Å². The van der Waals surface area contributed by atoms with Gasteiger partial charge in [-0.1, -0.05) is 42.5 Å². The van der Waals surface area contributed by atoms with Gasteiger partial charge in [-0.15, -0.1) is 0 Å². The first-order chi connectivity index (χ1) is 14.9. The number of benzene rings is 2. The molecule has 2 amide bonds. The normalized spacial score (nSPS) is 16.8. The fourth-order valence-electron chi connectivity index (χ4n) is 3.72. The zero-order valence-corrected chi connectivity index (χ0v) is 17.1. The highest BCUT2D eigenvalue weighted by Gasteiger charge is 2.36. The van der Waals surface area contributed by atoms with Crippen LogP contribution in [0.2, 0.25) is 0 Å². The van der Waals surface area contributed by atoms with E-state index in [9.17, 15) is 20.0 Å². The van der Waals surface area contributed by atoms with E-state index in [-0.39, 0.29) is 17.7 Å². The highest BCUT2D eigenvalue weighted by atomic mass is 16.3. The molecule has 1 aromatic heterocycles. The van der Waals surface area contributed by atoms with Gasteiger partial charge in [-0.05, 0) is 48.4 Å². The number of carbonyl (C=O) groups is 2. The third-order valence-corrected chi connectivity index (χ3v) is 5.24. The minimum absolute atomic E-state index is 0.118. The van der Waals surface area contributed by atoms with E-state index in [1.54, 1.807) is 13.0 Å². The van der Waals surface area contributed by atoms with Gasteiger partial charge >= 0.3 is 0 Å². The topological polar surface area (TPSA) is 94.5 Å². The van der Waals surface area contributed by atoms with Crippen molar-refractivity contribution in [3.8, 4) is 17.4 Å². The second-order valence-electron chi connectivity index (χ2n) is 7.47. The number of hydrogen-bond donors (Lipinski definition) is 1. The third kappa shape index (κ3) is 3.67. The van der Waals surface area contributed by atoms with Crippen LogP contribution in [0, 0.1) is 11.3 Å². The van der Waals surface area contributed by atoms with E-state index >= 15 is 0 Å². The number of β-amino-alcohol motifs (C(OH)–C–C–N with tert-alkyl or cyclic N) is 1. The Hall–Kier alpha value is -3.95. The lowest BCUT2D eigenvalue weighted by atomic mass is 9.94. The Morgan fingerprint density at radius 1 is 1.10 bits per heavy atom. The van der Waals surface area contributed by atoms with Gasteiger partial charge in [0.1, 0.15) is 23.2 Å². The van der Waals surface area contributed by atoms with E-state index in [0.29, 0.717) is 17.1 Å². The molecule has 1 unspecified atom stereocenters. The zero-order valence-electron chi connectivity index (χ0n) is 17.1. The fraction of sp³-hybridized carbons (Fsp3) is 0.160. The Labute approximate surface area is 179 Å². The Morgan fingerprint density at radius 3 is 2.58 bits per heavy atom. The summed E-state index contributed by atoms with van der Waals surface area (Å²) in [6, 6.07) is 19.4. The lowest BCUT2D eigenvalue weighted by Gasteiger charge is -2.28. The van der Waals surface area contributed by atoms with Gasteiger partial charge < -0.3 is 9.52 Å². The van der Waals surface area contributed by atoms with E-state index < -0.39 is 17.9 Å². The van der Waals surface area contributed by atoms with Crippen molar-refractivity contribution in [1.82, 2.24) is 4.90 Å². The molecular weight excluding hydrogens is 392 g/mol. The van der Waals surface area contributed by atoms with Crippen molar-refractivity contribution in [3.05, 3.63) is 77.1 Å². The summed E-state index contributed by atoms with van der Waals surface area (Å²) in [5.41, 5.74) is 1.29. The molecule has 3 aromatic rings. The molecule has 6 nitrogen and oxygen atoms in total. The predicted octanol–water partition coefficient (Wildman–Crippen LogP) is 4.07. The zero-order chi connectivity index (χ0) is 22.1. The number of hydrogen-bond acceptors (Lipinski definition) is 5. The average Bonchev–Trinajstić information content (AvgIpc) is 3.22. The van der Waals surface area contributed by atoms with Crippen molar-refractivity contribution in [2.45, 2.75) is 20.0 Å². The van der Waals surface area contributed by atoms with Crippen molar-refractivity contribution in [2.24, 2.45) is 0 Å². The number of fused-ring (bicyclic) bond motifs is 1. The monoisotopic (exact) mass is 412 g/mol. The van der Waals surface area contributed by atoms with E-state index in [2.05, 4.69) is 0 Å². The van der Waals surface area contributed by atoms with Gasteiger partial charge in [0.2, 0.25) is 0 Å². The molecule has 6 heteroatoms. The number of imide groups is 1. The van der Waals surface area contributed by atoms with Gasteiger partial charge in [0.05, 0.1) is 12.6 Å². The largest absolute Gasteiger partial charge is 0.457 e. The van der Waals surface area contributed by atoms with Crippen molar-refractivity contribution in [2.75, 3.05) is 6.54 Å². The van der Waals surface area contributed by atoms with Crippen LogP contribution in [-0.4, -0.2) is 34.5 Å². The third-order valence-electron chi connectivity index (χ3n) is 5.24. The predicted molar refractivity (Wildman–Crippen MR) is 116 cm³/mol. The lowest BCUT2D eigenvalue weighted by molar-refractivity contribution is -0.141.